The molecule has 0 bridgehead atoms. The number of benzene rings is 1. The zero-order valence-electron chi connectivity index (χ0n) is 16.1. The molecule has 1 aromatic carbocycles. The van der Waals surface area contributed by atoms with Crippen LogP contribution in [0.4, 0.5) is 18.7 Å². The Labute approximate surface area is 175 Å². The number of anilines is 1. The van der Waals surface area contributed by atoms with Gasteiger partial charge in [0.1, 0.15) is 17.3 Å². The van der Waals surface area contributed by atoms with Gasteiger partial charge < -0.3 is 10.2 Å². The molecule has 8 nitrogen and oxygen atoms in total. The highest BCUT2D eigenvalue weighted by molar-refractivity contribution is 7.13. The van der Waals surface area contributed by atoms with Crippen LogP contribution in [0.2, 0.25) is 0 Å². The lowest BCUT2D eigenvalue weighted by Gasteiger charge is -2.15. The summed E-state index contributed by atoms with van der Waals surface area (Å²) >= 11 is 1.19. The maximum absolute atomic E-state index is 13.2. The number of carbonyl (C=O) groups excluding carboxylic acids is 2. The number of nitrogens with one attached hydrogen (secondary N) is 2. The SMILES string of the molecule is Cc1nccnc1C(=O)N(C)Cc1csc(NC(=O)NCc2cc(F)cc(F)c2)n1. The summed E-state index contributed by atoms with van der Waals surface area (Å²) < 4.78 is 26.4. The van der Waals surface area contributed by atoms with E-state index >= 15 is 0 Å². The minimum Gasteiger partial charge on any atom is -0.334 e. The van der Waals surface area contributed by atoms with Gasteiger partial charge in [0.05, 0.1) is 17.9 Å². The van der Waals surface area contributed by atoms with E-state index in [-0.39, 0.29) is 24.7 Å². The van der Waals surface area contributed by atoms with E-state index in [2.05, 4.69) is 25.6 Å². The Morgan fingerprint density at radius 2 is 1.83 bits per heavy atom. The minimum atomic E-state index is -0.716. The fourth-order valence-electron chi connectivity index (χ4n) is 2.59. The van der Waals surface area contributed by atoms with Crippen LogP contribution in [0.1, 0.15) is 27.4 Å². The van der Waals surface area contributed by atoms with Crippen molar-refractivity contribution < 1.29 is 18.4 Å². The van der Waals surface area contributed by atoms with Gasteiger partial charge >= 0.3 is 6.03 Å². The normalized spacial score (nSPS) is 10.5. The smallest absolute Gasteiger partial charge is 0.321 e. The van der Waals surface area contributed by atoms with Gasteiger partial charge in [-0.3, -0.25) is 15.1 Å². The average Bonchev–Trinajstić information content (AvgIpc) is 3.12. The van der Waals surface area contributed by atoms with E-state index in [0.29, 0.717) is 22.1 Å². The number of aryl methyl sites for hydroxylation is 1. The molecule has 0 unspecified atom stereocenters. The fraction of sp³-hybridized carbons (Fsp3) is 0.211. The highest BCUT2D eigenvalue weighted by atomic mass is 32.1. The maximum atomic E-state index is 13.2. The van der Waals surface area contributed by atoms with Gasteiger partial charge in [-0.15, -0.1) is 11.3 Å². The quantitative estimate of drug-likeness (QED) is 0.624. The predicted molar refractivity (Wildman–Crippen MR) is 107 cm³/mol. The molecule has 0 saturated heterocycles. The highest BCUT2D eigenvalue weighted by Gasteiger charge is 2.17. The van der Waals surface area contributed by atoms with Crippen molar-refractivity contribution in [2.45, 2.75) is 20.0 Å². The summed E-state index contributed by atoms with van der Waals surface area (Å²) in [5.41, 5.74) is 1.67. The second-order valence-electron chi connectivity index (χ2n) is 6.38. The first-order valence-corrected chi connectivity index (χ1v) is 9.67. The van der Waals surface area contributed by atoms with Crippen LogP contribution in [0.3, 0.4) is 0 Å². The van der Waals surface area contributed by atoms with E-state index in [9.17, 15) is 18.4 Å². The molecule has 3 aromatic rings. The molecule has 0 spiro atoms. The molecule has 0 aliphatic carbocycles. The zero-order valence-corrected chi connectivity index (χ0v) is 17.0. The Morgan fingerprint density at radius 1 is 1.13 bits per heavy atom. The number of thiazole rings is 1. The molecular weight excluding hydrogens is 414 g/mol. The molecule has 2 heterocycles. The molecule has 0 radical (unpaired) electrons. The van der Waals surface area contributed by atoms with Crippen LogP contribution in [0.25, 0.3) is 0 Å². The molecule has 2 aromatic heterocycles. The van der Waals surface area contributed by atoms with Gasteiger partial charge in [0, 0.05) is 37.4 Å². The highest BCUT2D eigenvalue weighted by Crippen LogP contribution is 2.17. The Kier molecular flexibility index (Phi) is 6.62. The van der Waals surface area contributed by atoms with Crippen molar-refractivity contribution in [3.8, 4) is 0 Å². The third-order valence-electron chi connectivity index (χ3n) is 3.98. The summed E-state index contributed by atoms with van der Waals surface area (Å²) in [5, 5.41) is 7.09. The first kappa shape index (κ1) is 21.2. The molecule has 0 saturated carbocycles. The van der Waals surface area contributed by atoms with Crippen LogP contribution in [0.5, 0.6) is 0 Å². The number of hydrogen-bond acceptors (Lipinski definition) is 6. The number of nitrogens with zero attached hydrogens (tertiary/aromatic N) is 4. The number of rotatable bonds is 6. The standard InChI is InChI=1S/C19H18F2N6O2S/c1-11-16(23-4-3-22-11)17(28)27(2)9-15-10-30-19(25-15)26-18(29)24-8-12-5-13(20)7-14(21)6-12/h3-7,10H,8-9H2,1-2H3,(H2,24,25,26,29). The second kappa shape index (κ2) is 9.35. The lowest BCUT2D eigenvalue weighted by molar-refractivity contribution is 0.0776. The van der Waals surface area contributed by atoms with Crippen LogP contribution < -0.4 is 10.6 Å². The summed E-state index contributed by atoms with van der Waals surface area (Å²) in [6.45, 7) is 1.88. The summed E-state index contributed by atoms with van der Waals surface area (Å²) in [6.07, 6.45) is 2.97. The first-order chi connectivity index (χ1) is 14.3. The Bertz CT molecular complexity index is 1050. The van der Waals surface area contributed by atoms with E-state index in [1.165, 1.54) is 28.6 Å². The Hall–Kier alpha value is -3.47. The largest absolute Gasteiger partial charge is 0.334 e. The van der Waals surface area contributed by atoms with E-state index in [1.807, 2.05) is 0 Å². The monoisotopic (exact) mass is 432 g/mol. The number of halogens is 2. The Morgan fingerprint density at radius 3 is 2.53 bits per heavy atom. The van der Waals surface area contributed by atoms with Gasteiger partial charge in [0.15, 0.2) is 5.13 Å². The lowest BCUT2D eigenvalue weighted by atomic mass is 10.2. The summed E-state index contributed by atoms with van der Waals surface area (Å²) in [4.78, 5) is 38.3. The maximum Gasteiger partial charge on any atom is 0.321 e. The molecule has 3 amide bonds. The molecule has 0 fully saturated rings. The number of urea groups is 1. The third-order valence-corrected chi connectivity index (χ3v) is 4.78. The fourth-order valence-corrected chi connectivity index (χ4v) is 3.28. The third kappa shape index (κ3) is 5.54. The Balaban J connectivity index is 1.53. The van der Waals surface area contributed by atoms with Gasteiger partial charge in [0.2, 0.25) is 0 Å². The van der Waals surface area contributed by atoms with Crippen molar-refractivity contribution in [1.82, 2.24) is 25.2 Å². The molecular formula is C19H18F2N6O2S. The first-order valence-electron chi connectivity index (χ1n) is 8.79. The van der Waals surface area contributed by atoms with E-state index in [4.69, 9.17) is 0 Å². The van der Waals surface area contributed by atoms with Crippen LogP contribution in [-0.2, 0) is 13.1 Å². The van der Waals surface area contributed by atoms with E-state index < -0.39 is 17.7 Å². The molecule has 156 valence electrons. The molecule has 3 rings (SSSR count). The average molecular weight is 432 g/mol. The molecule has 0 aliphatic rings. The van der Waals surface area contributed by atoms with Gasteiger partial charge in [-0.1, -0.05) is 0 Å². The van der Waals surface area contributed by atoms with Crippen LogP contribution in [-0.4, -0.2) is 38.8 Å². The van der Waals surface area contributed by atoms with Crippen LogP contribution in [0, 0.1) is 18.6 Å². The van der Waals surface area contributed by atoms with Gasteiger partial charge in [-0.25, -0.2) is 23.5 Å². The molecule has 2 N–H and O–H groups in total. The number of carbonyl (C=O) groups is 2. The van der Waals surface area contributed by atoms with Gasteiger partial charge in [0.25, 0.3) is 5.91 Å². The molecule has 30 heavy (non-hydrogen) atoms. The minimum absolute atomic E-state index is 0.0482. The summed E-state index contributed by atoms with van der Waals surface area (Å²) in [5.74, 6) is -1.72. The zero-order chi connectivity index (χ0) is 21.7. The number of amides is 3. The molecule has 11 heteroatoms. The summed E-state index contributed by atoms with van der Waals surface area (Å²) in [7, 11) is 1.62. The topological polar surface area (TPSA) is 100 Å². The van der Waals surface area contributed by atoms with Gasteiger partial charge in [-0.2, -0.15) is 0 Å². The van der Waals surface area contributed by atoms with E-state index in [1.54, 1.807) is 19.4 Å². The van der Waals surface area contributed by atoms with Crippen molar-refractivity contribution in [3.05, 3.63) is 70.3 Å². The number of aromatic nitrogens is 3. The molecule has 0 aliphatic heterocycles. The molecule has 0 atom stereocenters. The van der Waals surface area contributed by atoms with Crippen LogP contribution in [0.15, 0.2) is 36.0 Å². The van der Waals surface area contributed by atoms with Crippen molar-refractivity contribution in [3.63, 3.8) is 0 Å². The van der Waals surface area contributed by atoms with E-state index in [0.717, 1.165) is 18.2 Å². The van der Waals surface area contributed by atoms with Crippen molar-refractivity contribution in [2.24, 2.45) is 0 Å². The van der Waals surface area contributed by atoms with Crippen molar-refractivity contribution in [1.29, 1.82) is 0 Å². The second-order valence-corrected chi connectivity index (χ2v) is 7.24. The van der Waals surface area contributed by atoms with Crippen molar-refractivity contribution in [2.75, 3.05) is 12.4 Å². The lowest BCUT2D eigenvalue weighted by Crippen LogP contribution is -2.29. The van der Waals surface area contributed by atoms with Crippen LogP contribution >= 0.6 is 11.3 Å². The predicted octanol–water partition coefficient (Wildman–Crippen LogP) is 3.11. The summed E-state index contributed by atoms with van der Waals surface area (Å²) in [6, 6.07) is 2.46. The number of hydrogen-bond donors (Lipinski definition) is 2. The van der Waals surface area contributed by atoms with Crippen molar-refractivity contribution >= 4 is 28.4 Å². The van der Waals surface area contributed by atoms with Gasteiger partial charge in [-0.05, 0) is 24.6 Å².